The SMILES string of the molecule is Cc1cc([N+](=O)[O-])ccc1C(=O)N1CCN(CC#N)CC1. The number of aryl methyl sites for hydroxylation is 1. The minimum Gasteiger partial charge on any atom is -0.336 e. The summed E-state index contributed by atoms with van der Waals surface area (Å²) in [5, 5.41) is 19.4. The van der Waals surface area contributed by atoms with Crippen LogP contribution < -0.4 is 0 Å². The highest BCUT2D eigenvalue weighted by molar-refractivity contribution is 5.96. The number of benzene rings is 1. The Hall–Kier alpha value is -2.46. The van der Waals surface area contributed by atoms with E-state index < -0.39 is 4.92 Å². The number of carbonyl (C=O) groups is 1. The van der Waals surface area contributed by atoms with Crippen LogP contribution in [0, 0.1) is 28.4 Å². The molecule has 1 aromatic carbocycles. The first-order valence-electron chi connectivity index (χ1n) is 6.66. The molecule has 1 aliphatic heterocycles. The molecule has 1 saturated heterocycles. The van der Waals surface area contributed by atoms with Gasteiger partial charge >= 0.3 is 0 Å². The number of hydrogen-bond acceptors (Lipinski definition) is 5. The van der Waals surface area contributed by atoms with Crippen LogP contribution in [0.15, 0.2) is 18.2 Å². The molecule has 0 unspecified atom stereocenters. The highest BCUT2D eigenvalue weighted by atomic mass is 16.6. The standard InChI is InChI=1S/C14H16N4O3/c1-11-10-12(18(20)21)2-3-13(11)14(19)17-8-6-16(5-4-15)7-9-17/h2-3,10H,5-9H2,1H3. The van der Waals surface area contributed by atoms with Gasteiger partial charge in [0.05, 0.1) is 17.5 Å². The van der Waals surface area contributed by atoms with Gasteiger partial charge in [-0.25, -0.2) is 0 Å². The summed E-state index contributed by atoms with van der Waals surface area (Å²) in [4.78, 5) is 26.4. The lowest BCUT2D eigenvalue weighted by atomic mass is 10.1. The van der Waals surface area contributed by atoms with Gasteiger partial charge in [-0.05, 0) is 18.6 Å². The third-order valence-corrected chi connectivity index (χ3v) is 3.61. The molecule has 0 bridgehead atoms. The lowest BCUT2D eigenvalue weighted by Gasteiger charge is -2.33. The van der Waals surface area contributed by atoms with Crippen molar-refractivity contribution in [1.29, 1.82) is 5.26 Å². The summed E-state index contributed by atoms with van der Waals surface area (Å²) in [5.74, 6) is -0.112. The van der Waals surface area contributed by atoms with Crippen LogP contribution in [-0.2, 0) is 0 Å². The van der Waals surface area contributed by atoms with Crippen molar-refractivity contribution >= 4 is 11.6 Å². The third kappa shape index (κ3) is 3.35. The molecule has 1 aromatic rings. The molecule has 0 aliphatic carbocycles. The van der Waals surface area contributed by atoms with Gasteiger partial charge < -0.3 is 4.90 Å². The average molecular weight is 288 g/mol. The van der Waals surface area contributed by atoms with E-state index in [1.54, 1.807) is 11.8 Å². The molecular weight excluding hydrogens is 272 g/mol. The Labute approximate surface area is 122 Å². The predicted molar refractivity (Wildman–Crippen MR) is 75.8 cm³/mol. The zero-order valence-electron chi connectivity index (χ0n) is 11.8. The minimum atomic E-state index is -0.470. The van der Waals surface area contributed by atoms with Crippen molar-refractivity contribution in [3.63, 3.8) is 0 Å². The van der Waals surface area contributed by atoms with Gasteiger partial charge in [0, 0.05) is 43.9 Å². The van der Waals surface area contributed by atoms with E-state index in [4.69, 9.17) is 5.26 Å². The minimum absolute atomic E-state index is 0.0112. The van der Waals surface area contributed by atoms with Crippen LogP contribution >= 0.6 is 0 Å². The molecule has 0 radical (unpaired) electrons. The predicted octanol–water partition coefficient (Wildman–Crippen LogP) is 1.18. The second kappa shape index (κ2) is 6.33. The number of hydrogen-bond donors (Lipinski definition) is 0. The van der Waals surface area contributed by atoms with Gasteiger partial charge in [0.2, 0.25) is 0 Å². The lowest BCUT2D eigenvalue weighted by Crippen LogP contribution is -2.48. The zero-order valence-corrected chi connectivity index (χ0v) is 11.8. The highest BCUT2D eigenvalue weighted by Crippen LogP contribution is 2.19. The van der Waals surface area contributed by atoms with Gasteiger partial charge in [0.15, 0.2) is 0 Å². The fourth-order valence-electron chi connectivity index (χ4n) is 2.38. The summed E-state index contributed by atoms with van der Waals surface area (Å²) in [6, 6.07) is 6.38. The largest absolute Gasteiger partial charge is 0.336 e. The topological polar surface area (TPSA) is 90.5 Å². The van der Waals surface area contributed by atoms with Crippen molar-refractivity contribution in [1.82, 2.24) is 9.80 Å². The molecule has 0 atom stereocenters. The average Bonchev–Trinajstić information content (AvgIpc) is 2.47. The van der Waals surface area contributed by atoms with Crippen molar-refractivity contribution in [2.45, 2.75) is 6.92 Å². The van der Waals surface area contributed by atoms with Crippen LogP contribution in [0.5, 0.6) is 0 Å². The maximum absolute atomic E-state index is 12.4. The normalized spacial score (nSPS) is 15.5. The third-order valence-electron chi connectivity index (χ3n) is 3.61. The van der Waals surface area contributed by atoms with E-state index in [2.05, 4.69) is 6.07 Å². The van der Waals surface area contributed by atoms with Crippen LogP contribution in [0.4, 0.5) is 5.69 Å². The van der Waals surface area contributed by atoms with Crippen molar-refractivity contribution in [2.75, 3.05) is 32.7 Å². The number of amides is 1. The smallest absolute Gasteiger partial charge is 0.269 e. The van der Waals surface area contributed by atoms with E-state index in [1.165, 1.54) is 18.2 Å². The van der Waals surface area contributed by atoms with Gasteiger partial charge in [-0.3, -0.25) is 19.8 Å². The molecule has 1 heterocycles. The molecule has 0 spiro atoms. The van der Waals surface area contributed by atoms with Crippen molar-refractivity contribution in [3.8, 4) is 6.07 Å². The summed E-state index contributed by atoms with van der Waals surface area (Å²) in [7, 11) is 0. The van der Waals surface area contributed by atoms with E-state index in [1.807, 2.05) is 4.90 Å². The maximum Gasteiger partial charge on any atom is 0.269 e. The number of rotatable bonds is 3. The number of nitriles is 1. The Morgan fingerprint density at radius 2 is 2.05 bits per heavy atom. The molecule has 1 aliphatic rings. The number of carbonyl (C=O) groups excluding carboxylic acids is 1. The molecule has 2 rings (SSSR count). The molecule has 0 aromatic heterocycles. The summed E-state index contributed by atoms with van der Waals surface area (Å²) in [6.45, 7) is 4.55. The fourth-order valence-corrected chi connectivity index (χ4v) is 2.38. The molecule has 0 saturated carbocycles. The van der Waals surface area contributed by atoms with Crippen LogP contribution in [-0.4, -0.2) is 53.4 Å². The number of piperazine rings is 1. The zero-order chi connectivity index (χ0) is 15.4. The van der Waals surface area contributed by atoms with Crippen LogP contribution in [0.25, 0.3) is 0 Å². The molecule has 1 amide bonds. The highest BCUT2D eigenvalue weighted by Gasteiger charge is 2.23. The quantitative estimate of drug-likeness (QED) is 0.473. The Balaban J connectivity index is 2.08. The fraction of sp³-hybridized carbons (Fsp3) is 0.429. The van der Waals surface area contributed by atoms with Crippen LogP contribution in [0.1, 0.15) is 15.9 Å². The van der Waals surface area contributed by atoms with Crippen molar-refractivity contribution < 1.29 is 9.72 Å². The van der Waals surface area contributed by atoms with E-state index in [0.29, 0.717) is 43.9 Å². The first-order chi connectivity index (χ1) is 10.0. The number of nitrogens with zero attached hydrogens (tertiary/aromatic N) is 4. The molecular formula is C14H16N4O3. The monoisotopic (exact) mass is 288 g/mol. The molecule has 21 heavy (non-hydrogen) atoms. The summed E-state index contributed by atoms with van der Waals surface area (Å²) < 4.78 is 0. The van der Waals surface area contributed by atoms with Crippen LogP contribution in [0.2, 0.25) is 0 Å². The Morgan fingerprint density at radius 3 is 2.57 bits per heavy atom. The summed E-state index contributed by atoms with van der Waals surface area (Å²) >= 11 is 0. The Bertz CT molecular complexity index is 601. The molecule has 7 heteroatoms. The first-order valence-corrected chi connectivity index (χ1v) is 6.66. The van der Waals surface area contributed by atoms with E-state index in [-0.39, 0.29) is 11.6 Å². The Kier molecular flexibility index (Phi) is 4.50. The maximum atomic E-state index is 12.4. The van der Waals surface area contributed by atoms with E-state index in [0.717, 1.165) is 0 Å². The lowest BCUT2D eigenvalue weighted by molar-refractivity contribution is -0.384. The molecule has 0 N–H and O–H groups in total. The van der Waals surface area contributed by atoms with Crippen molar-refractivity contribution in [2.24, 2.45) is 0 Å². The van der Waals surface area contributed by atoms with E-state index in [9.17, 15) is 14.9 Å². The molecule has 7 nitrogen and oxygen atoms in total. The number of non-ortho nitro benzene ring substituents is 1. The van der Waals surface area contributed by atoms with Gasteiger partial charge in [-0.15, -0.1) is 0 Å². The van der Waals surface area contributed by atoms with Gasteiger partial charge in [-0.1, -0.05) is 0 Å². The first kappa shape index (κ1) is 14.9. The molecule has 110 valence electrons. The molecule has 1 fully saturated rings. The number of nitro groups is 1. The van der Waals surface area contributed by atoms with E-state index >= 15 is 0 Å². The second-order valence-electron chi connectivity index (χ2n) is 4.98. The van der Waals surface area contributed by atoms with Crippen molar-refractivity contribution in [3.05, 3.63) is 39.4 Å². The summed E-state index contributed by atoms with van der Waals surface area (Å²) in [6.07, 6.45) is 0. The second-order valence-corrected chi connectivity index (χ2v) is 4.98. The van der Waals surface area contributed by atoms with Gasteiger partial charge in [0.1, 0.15) is 0 Å². The van der Waals surface area contributed by atoms with Crippen LogP contribution in [0.3, 0.4) is 0 Å². The Morgan fingerprint density at radius 1 is 1.38 bits per heavy atom. The van der Waals surface area contributed by atoms with Gasteiger partial charge in [0.25, 0.3) is 11.6 Å². The van der Waals surface area contributed by atoms with Gasteiger partial charge in [-0.2, -0.15) is 5.26 Å². The summed E-state index contributed by atoms with van der Waals surface area (Å²) in [5.41, 5.74) is 1.09. The number of nitro benzene ring substituents is 1.